The van der Waals surface area contributed by atoms with Crippen LogP contribution in [-0.4, -0.2) is 41.1 Å². The quantitative estimate of drug-likeness (QED) is 0.662. The molecule has 1 amide bonds. The molecule has 0 saturated carbocycles. The maximum absolute atomic E-state index is 12.6. The van der Waals surface area contributed by atoms with Crippen LogP contribution in [-0.2, 0) is 4.79 Å². The maximum atomic E-state index is 12.6. The summed E-state index contributed by atoms with van der Waals surface area (Å²) < 4.78 is 0. The Morgan fingerprint density at radius 1 is 1.35 bits per heavy atom. The molecule has 3 nitrogen and oxygen atoms in total. The Balaban J connectivity index is 2.56. The molecule has 2 unspecified atom stereocenters. The molecule has 1 N–H and O–H groups in total. The van der Waals surface area contributed by atoms with Gasteiger partial charge in [-0.05, 0) is 50.5 Å². The van der Waals surface area contributed by atoms with Crippen LogP contribution >= 0.6 is 11.8 Å². The highest BCUT2D eigenvalue weighted by Crippen LogP contribution is 2.27. The summed E-state index contributed by atoms with van der Waals surface area (Å²) in [7, 11) is 0. The first-order valence-electron chi connectivity index (χ1n) is 8.02. The van der Waals surface area contributed by atoms with Crippen LogP contribution in [0.2, 0.25) is 0 Å². The molecule has 0 aromatic rings. The largest absolute Gasteiger partial charge is 0.326 e. The van der Waals surface area contributed by atoms with Gasteiger partial charge in [0.15, 0.2) is 0 Å². The molecular weight excluding hydrogens is 268 g/mol. The summed E-state index contributed by atoms with van der Waals surface area (Å²) in [5.41, 5.74) is -0.348. The Morgan fingerprint density at radius 2 is 2.05 bits per heavy atom. The van der Waals surface area contributed by atoms with Crippen LogP contribution in [0.1, 0.15) is 59.8 Å². The summed E-state index contributed by atoms with van der Waals surface area (Å²) in [6.07, 6.45) is 7.91. The van der Waals surface area contributed by atoms with Crippen molar-refractivity contribution in [3.63, 3.8) is 0 Å². The van der Waals surface area contributed by atoms with E-state index in [9.17, 15) is 4.79 Å². The molecule has 1 saturated heterocycles. The Morgan fingerprint density at radius 3 is 2.60 bits per heavy atom. The van der Waals surface area contributed by atoms with Gasteiger partial charge in [-0.3, -0.25) is 10.1 Å². The topological polar surface area (TPSA) is 32.3 Å². The molecule has 4 heteroatoms. The molecule has 118 valence electrons. The second-order valence-corrected chi connectivity index (χ2v) is 7.51. The number of hydrogen-bond acceptors (Lipinski definition) is 3. The molecule has 0 spiro atoms. The first kappa shape index (κ1) is 17.8. The number of hydrogen-bond donors (Lipinski definition) is 1. The summed E-state index contributed by atoms with van der Waals surface area (Å²) in [6, 6.07) is 0. The predicted octanol–water partition coefficient (Wildman–Crippen LogP) is 3.49. The molecule has 1 aliphatic rings. The van der Waals surface area contributed by atoms with Crippen LogP contribution in [0, 0.1) is 5.92 Å². The molecule has 0 bridgehead atoms. The van der Waals surface area contributed by atoms with Crippen molar-refractivity contribution in [3.8, 4) is 0 Å². The van der Waals surface area contributed by atoms with Crippen molar-refractivity contribution in [3.05, 3.63) is 0 Å². The number of unbranched alkanes of at least 4 members (excludes halogenated alkanes) is 2. The minimum atomic E-state index is -0.348. The molecule has 20 heavy (non-hydrogen) atoms. The molecule has 1 heterocycles. The number of rotatable bonds is 9. The van der Waals surface area contributed by atoms with Crippen LogP contribution in [0.4, 0.5) is 0 Å². The van der Waals surface area contributed by atoms with E-state index in [0.29, 0.717) is 11.8 Å². The van der Waals surface area contributed by atoms with Crippen LogP contribution in [0.3, 0.4) is 0 Å². The van der Waals surface area contributed by atoms with Crippen molar-refractivity contribution in [2.75, 3.05) is 18.6 Å². The first-order valence-corrected chi connectivity index (χ1v) is 9.41. The number of thioether (sulfide) groups is 1. The SMILES string of the molecule is CCC1(C)NC(CC(C)C)N(CCCCCSC)C1=O. The van der Waals surface area contributed by atoms with Crippen molar-refractivity contribution in [2.45, 2.75) is 71.5 Å². The van der Waals surface area contributed by atoms with Crippen molar-refractivity contribution in [2.24, 2.45) is 5.92 Å². The average molecular weight is 301 g/mol. The van der Waals surface area contributed by atoms with Gasteiger partial charge in [-0.2, -0.15) is 11.8 Å². The molecule has 1 aliphatic heterocycles. The average Bonchev–Trinajstić information content (AvgIpc) is 2.62. The van der Waals surface area contributed by atoms with Gasteiger partial charge >= 0.3 is 0 Å². The lowest BCUT2D eigenvalue weighted by Crippen LogP contribution is -2.44. The lowest BCUT2D eigenvalue weighted by Gasteiger charge is -2.25. The van der Waals surface area contributed by atoms with Gasteiger partial charge in [0.1, 0.15) is 0 Å². The van der Waals surface area contributed by atoms with E-state index in [-0.39, 0.29) is 11.7 Å². The minimum Gasteiger partial charge on any atom is -0.326 e. The number of amides is 1. The van der Waals surface area contributed by atoms with E-state index < -0.39 is 0 Å². The van der Waals surface area contributed by atoms with E-state index in [1.165, 1.54) is 18.6 Å². The van der Waals surface area contributed by atoms with Crippen LogP contribution in [0.5, 0.6) is 0 Å². The lowest BCUT2D eigenvalue weighted by molar-refractivity contribution is -0.133. The standard InChI is InChI=1S/C16H32N2OS/c1-6-16(4)15(19)18(10-8-7-9-11-20-5)14(17-16)12-13(2)3/h13-14,17H,6-12H2,1-5H3. The maximum Gasteiger partial charge on any atom is 0.243 e. The van der Waals surface area contributed by atoms with Crippen LogP contribution in [0.15, 0.2) is 0 Å². The number of nitrogens with zero attached hydrogens (tertiary/aromatic N) is 1. The molecule has 0 aromatic carbocycles. The van der Waals surface area contributed by atoms with Gasteiger partial charge in [-0.25, -0.2) is 0 Å². The highest BCUT2D eigenvalue weighted by Gasteiger charge is 2.46. The van der Waals surface area contributed by atoms with Crippen molar-refractivity contribution in [1.29, 1.82) is 0 Å². The third-order valence-corrected chi connectivity index (χ3v) is 4.94. The van der Waals surface area contributed by atoms with E-state index in [0.717, 1.165) is 25.8 Å². The molecule has 0 aromatic heterocycles. The fraction of sp³-hybridized carbons (Fsp3) is 0.938. The Kier molecular flexibility index (Phi) is 7.38. The van der Waals surface area contributed by atoms with Gasteiger partial charge in [0.05, 0.1) is 11.7 Å². The number of carbonyl (C=O) groups excluding carboxylic acids is 1. The molecule has 2 atom stereocenters. The van der Waals surface area contributed by atoms with Gasteiger partial charge in [-0.15, -0.1) is 0 Å². The Bertz CT molecular complexity index is 309. The van der Waals surface area contributed by atoms with Gasteiger partial charge in [0.25, 0.3) is 0 Å². The zero-order valence-corrected chi connectivity index (χ0v) is 14.7. The van der Waals surface area contributed by atoms with Crippen molar-refractivity contribution >= 4 is 17.7 Å². The summed E-state index contributed by atoms with van der Waals surface area (Å²) in [5, 5.41) is 3.57. The number of carbonyl (C=O) groups is 1. The smallest absolute Gasteiger partial charge is 0.243 e. The third-order valence-electron chi connectivity index (χ3n) is 4.24. The van der Waals surface area contributed by atoms with Gasteiger partial charge in [0, 0.05) is 6.54 Å². The second-order valence-electron chi connectivity index (χ2n) is 6.53. The summed E-state index contributed by atoms with van der Waals surface area (Å²) in [5.74, 6) is 2.14. The van der Waals surface area contributed by atoms with Gasteiger partial charge in [0.2, 0.25) is 5.91 Å². The Labute approximate surface area is 129 Å². The van der Waals surface area contributed by atoms with E-state index in [2.05, 4.69) is 44.2 Å². The monoisotopic (exact) mass is 300 g/mol. The second kappa shape index (κ2) is 8.28. The molecule has 1 fully saturated rings. The van der Waals surface area contributed by atoms with Gasteiger partial charge in [-0.1, -0.05) is 27.2 Å². The first-order chi connectivity index (χ1) is 9.44. The zero-order chi connectivity index (χ0) is 15.2. The van der Waals surface area contributed by atoms with E-state index >= 15 is 0 Å². The summed E-state index contributed by atoms with van der Waals surface area (Å²) >= 11 is 1.90. The minimum absolute atomic E-state index is 0.230. The highest BCUT2D eigenvalue weighted by molar-refractivity contribution is 7.98. The molecule has 0 radical (unpaired) electrons. The third kappa shape index (κ3) is 4.66. The fourth-order valence-electron chi connectivity index (χ4n) is 2.81. The molecule has 1 rings (SSSR count). The van der Waals surface area contributed by atoms with E-state index in [1.807, 2.05) is 11.8 Å². The van der Waals surface area contributed by atoms with Crippen molar-refractivity contribution in [1.82, 2.24) is 10.2 Å². The number of nitrogens with one attached hydrogen (secondary N) is 1. The van der Waals surface area contributed by atoms with Crippen molar-refractivity contribution < 1.29 is 4.79 Å². The predicted molar refractivity (Wildman–Crippen MR) is 89.0 cm³/mol. The highest BCUT2D eigenvalue weighted by atomic mass is 32.2. The van der Waals surface area contributed by atoms with Gasteiger partial charge < -0.3 is 4.90 Å². The molecule has 0 aliphatic carbocycles. The Hall–Kier alpha value is -0.220. The zero-order valence-electron chi connectivity index (χ0n) is 13.9. The van der Waals surface area contributed by atoms with Crippen LogP contribution in [0.25, 0.3) is 0 Å². The van der Waals surface area contributed by atoms with E-state index in [4.69, 9.17) is 0 Å². The summed E-state index contributed by atoms with van der Waals surface area (Å²) in [4.78, 5) is 14.7. The lowest BCUT2D eigenvalue weighted by atomic mass is 9.99. The fourth-order valence-corrected chi connectivity index (χ4v) is 3.31. The normalized spacial score (nSPS) is 26.8. The molecular formula is C16H32N2OS. The van der Waals surface area contributed by atoms with Crippen LogP contribution < -0.4 is 5.32 Å². The summed E-state index contributed by atoms with van der Waals surface area (Å²) in [6.45, 7) is 9.51. The van der Waals surface area contributed by atoms with E-state index in [1.54, 1.807) is 0 Å².